The number of nitrogens with two attached hydrogens (primary N) is 1. The summed E-state index contributed by atoms with van der Waals surface area (Å²) in [5.74, 6) is -1.18. The second-order valence-electron chi connectivity index (χ2n) is 5.77. The van der Waals surface area contributed by atoms with Gasteiger partial charge in [-0.2, -0.15) is 0 Å². The lowest BCUT2D eigenvalue weighted by molar-refractivity contribution is -0.196. The van der Waals surface area contributed by atoms with E-state index in [9.17, 15) is 29.7 Å². The smallest absolute Gasteiger partial charge is 0.217 e. The molecule has 1 saturated heterocycles. The Hall–Kier alpha value is -1.39. The summed E-state index contributed by atoms with van der Waals surface area (Å²) in [6, 6.07) is -1.93. The fourth-order valence-corrected chi connectivity index (χ4v) is 2.48. The van der Waals surface area contributed by atoms with Gasteiger partial charge < -0.3 is 31.1 Å². The molecule has 1 heterocycles. The van der Waals surface area contributed by atoms with Crippen molar-refractivity contribution >= 4 is 17.5 Å². The first-order chi connectivity index (χ1) is 10.7. The molecule has 6 N–H and O–H groups in total. The first-order valence-corrected chi connectivity index (χ1v) is 7.34. The van der Waals surface area contributed by atoms with Crippen molar-refractivity contribution in [3.8, 4) is 0 Å². The lowest BCUT2D eigenvalue weighted by atomic mass is 9.89. The molecule has 0 radical (unpaired) electrons. The van der Waals surface area contributed by atoms with Crippen LogP contribution in [0.15, 0.2) is 0 Å². The van der Waals surface area contributed by atoms with Crippen LogP contribution in [0.2, 0.25) is 0 Å². The molecule has 132 valence electrons. The van der Waals surface area contributed by atoms with E-state index in [1.54, 1.807) is 0 Å². The molecule has 9 nitrogen and oxygen atoms in total. The molecule has 0 aromatic rings. The van der Waals surface area contributed by atoms with Gasteiger partial charge in [-0.3, -0.25) is 14.4 Å². The fourth-order valence-electron chi connectivity index (χ4n) is 2.48. The predicted molar refractivity (Wildman–Crippen MR) is 78.3 cm³/mol. The Labute approximate surface area is 133 Å². The third-order valence-corrected chi connectivity index (χ3v) is 3.80. The van der Waals surface area contributed by atoms with Crippen LogP contribution in [0.3, 0.4) is 0 Å². The minimum absolute atomic E-state index is 0.190. The van der Waals surface area contributed by atoms with Crippen LogP contribution in [0.25, 0.3) is 0 Å². The van der Waals surface area contributed by atoms with Crippen molar-refractivity contribution in [3.05, 3.63) is 0 Å². The van der Waals surface area contributed by atoms with Crippen LogP contribution in [-0.2, 0) is 19.1 Å². The van der Waals surface area contributed by atoms with Crippen molar-refractivity contribution < 1.29 is 34.4 Å². The predicted octanol–water partition coefficient (Wildman–Crippen LogP) is -2.76. The third-order valence-electron chi connectivity index (χ3n) is 3.80. The number of rotatable bonds is 7. The van der Waals surface area contributed by atoms with Gasteiger partial charge in [-0.1, -0.05) is 0 Å². The molecule has 0 aromatic heterocycles. The van der Waals surface area contributed by atoms with Gasteiger partial charge in [0.2, 0.25) is 5.91 Å². The topological polar surface area (TPSA) is 159 Å². The van der Waals surface area contributed by atoms with Crippen LogP contribution in [-0.4, -0.2) is 75.9 Å². The first kappa shape index (κ1) is 19.7. The largest absolute Gasteiger partial charge is 0.394 e. The second kappa shape index (κ2) is 8.46. The summed E-state index contributed by atoms with van der Waals surface area (Å²) in [5, 5.41) is 31.6. The molecular weight excluding hydrogens is 308 g/mol. The number of ether oxygens (including phenoxy) is 1. The number of ketones is 2. The first-order valence-electron chi connectivity index (χ1n) is 7.34. The van der Waals surface area contributed by atoms with Gasteiger partial charge in [0.05, 0.1) is 24.8 Å². The molecule has 1 rings (SSSR count). The summed E-state index contributed by atoms with van der Waals surface area (Å²) >= 11 is 0. The maximum atomic E-state index is 12.0. The van der Waals surface area contributed by atoms with Crippen molar-refractivity contribution in [2.24, 2.45) is 5.73 Å². The number of aliphatic hydroxyl groups is 3. The van der Waals surface area contributed by atoms with E-state index in [1.807, 2.05) is 0 Å². The van der Waals surface area contributed by atoms with Gasteiger partial charge in [0.15, 0.2) is 0 Å². The van der Waals surface area contributed by atoms with Gasteiger partial charge in [0.25, 0.3) is 0 Å². The second-order valence-corrected chi connectivity index (χ2v) is 5.77. The summed E-state index contributed by atoms with van der Waals surface area (Å²) in [6.45, 7) is 1.95. The Kier molecular flexibility index (Phi) is 7.23. The van der Waals surface area contributed by atoms with Crippen LogP contribution in [0, 0.1) is 0 Å². The molecule has 1 aliphatic heterocycles. The number of hydrogen-bond donors (Lipinski definition) is 5. The molecule has 6 atom stereocenters. The molecule has 0 aromatic carbocycles. The zero-order valence-electron chi connectivity index (χ0n) is 13.1. The third kappa shape index (κ3) is 5.33. The van der Waals surface area contributed by atoms with Crippen molar-refractivity contribution in [3.63, 3.8) is 0 Å². The van der Waals surface area contributed by atoms with Crippen LogP contribution < -0.4 is 11.1 Å². The number of aliphatic hydroxyl groups excluding tert-OH is 3. The van der Waals surface area contributed by atoms with Gasteiger partial charge in [0, 0.05) is 19.8 Å². The van der Waals surface area contributed by atoms with Crippen molar-refractivity contribution in [1.82, 2.24) is 5.32 Å². The molecule has 23 heavy (non-hydrogen) atoms. The van der Waals surface area contributed by atoms with Crippen molar-refractivity contribution in [1.29, 1.82) is 0 Å². The number of carbonyl (C=O) groups is 3. The van der Waals surface area contributed by atoms with E-state index in [0.29, 0.717) is 0 Å². The monoisotopic (exact) mass is 332 g/mol. The Morgan fingerprint density at radius 3 is 2.26 bits per heavy atom. The highest BCUT2D eigenvalue weighted by molar-refractivity contribution is 5.89. The highest BCUT2D eigenvalue weighted by atomic mass is 16.5. The van der Waals surface area contributed by atoms with Crippen LogP contribution in [0.4, 0.5) is 0 Å². The van der Waals surface area contributed by atoms with Crippen molar-refractivity contribution in [2.45, 2.75) is 63.2 Å². The highest BCUT2D eigenvalue weighted by Crippen LogP contribution is 2.24. The van der Waals surface area contributed by atoms with Crippen LogP contribution in [0.1, 0.15) is 26.7 Å². The lowest BCUT2D eigenvalue weighted by Gasteiger charge is -2.42. The van der Waals surface area contributed by atoms with E-state index in [0.717, 1.165) is 0 Å². The van der Waals surface area contributed by atoms with Gasteiger partial charge >= 0.3 is 0 Å². The number of carbonyl (C=O) groups excluding carboxylic acids is 3. The highest BCUT2D eigenvalue weighted by Gasteiger charge is 2.45. The fraction of sp³-hybridized carbons (Fsp3) is 0.786. The molecular formula is C14H24N2O7. The Morgan fingerprint density at radius 1 is 1.17 bits per heavy atom. The standard InChI is InChI=1S/C14H24N2O7/c1-6(18)9(15)3-8(20)4-10-12(16-7(2)19)14(22)13(21)11(5-17)23-10/h9-14,17,21-22H,3-5,15H2,1-2H3,(H,16,19)/t9-,10?,11?,12?,13?,14?/m0/s1. The van der Waals surface area contributed by atoms with E-state index < -0.39 is 49.0 Å². The Balaban J connectivity index is 2.82. The molecule has 1 amide bonds. The molecule has 0 aliphatic carbocycles. The number of nitrogens with one attached hydrogen (secondary N) is 1. The summed E-state index contributed by atoms with van der Waals surface area (Å²) in [4.78, 5) is 34.4. The molecule has 9 heteroatoms. The summed E-state index contributed by atoms with van der Waals surface area (Å²) in [6.07, 6.45) is -5.22. The number of hydrogen-bond acceptors (Lipinski definition) is 8. The summed E-state index contributed by atoms with van der Waals surface area (Å²) in [5.41, 5.74) is 5.53. The molecule has 1 aliphatic rings. The van der Waals surface area contributed by atoms with Crippen LogP contribution in [0.5, 0.6) is 0 Å². The summed E-state index contributed by atoms with van der Waals surface area (Å²) in [7, 11) is 0. The molecule has 0 saturated carbocycles. The maximum absolute atomic E-state index is 12.0. The Bertz CT molecular complexity index is 456. The molecule has 0 bridgehead atoms. The average molecular weight is 332 g/mol. The lowest BCUT2D eigenvalue weighted by Crippen LogP contribution is -2.64. The van der Waals surface area contributed by atoms with E-state index in [-0.39, 0.29) is 24.4 Å². The minimum Gasteiger partial charge on any atom is -0.394 e. The SMILES string of the molecule is CC(=O)NC1C(CC(=O)C[C@H](N)C(C)=O)OC(CO)C(O)C1O. The van der Waals surface area contributed by atoms with Gasteiger partial charge in [-0.05, 0) is 6.92 Å². The van der Waals surface area contributed by atoms with Gasteiger partial charge in [0.1, 0.15) is 29.9 Å². The minimum atomic E-state index is -1.40. The van der Waals surface area contributed by atoms with E-state index >= 15 is 0 Å². The van der Waals surface area contributed by atoms with Crippen molar-refractivity contribution in [2.75, 3.05) is 6.61 Å². The normalized spacial score (nSPS) is 32.2. The summed E-state index contributed by atoms with van der Waals surface area (Å²) < 4.78 is 5.42. The van der Waals surface area contributed by atoms with E-state index in [2.05, 4.69) is 5.32 Å². The van der Waals surface area contributed by atoms with Gasteiger partial charge in [-0.25, -0.2) is 0 Å². The quantitative estimate of drug-likeness (QED) is 0.335. The Morgan fingerprint density at radius 2 is 1.78 bits per heavy atom. The molecule has 0 spiro atoms. The number of amides is 1. The van der Waals surface area contributed by atoms with Crippen LogP contribution >= 0.6 is 0 Å². The zero-order chi connectivity index (χ0) is 17.7. The average Bonchev–Trinajstić information content (AvgIpc) is 2.46. The molecule has 1 fully saturated rings. The number of Topliss-reactive ketones (excluding diaryl/α,β-unsaturated/α-hetero) is 2. The van der Waals surface area contributed by atoms with E-state index in [1.165, 1.54) is 13.8 Å². The van der Waals surface area contributed by atoms with Gasteiger partial charge in [-0.15, -0.1) is 0 Å². The maximum Gasteiger partial charge on any atom is 0.217 e. The van der Waals surface area contributed by atoms with E-state index in [4.69, 9.17) is 10.5 Å². The molecule has 5 unspecified atom stereocenters. The zero-order valence-corrected chi connectivity index (χ0v) is 13.1.